The standard InChI is InChI=1S/C12H14N2.C11H11FNO3PS.C10H19NO.C3H8.C2H6.CH3F.CH2O/c1-14-8-11(7-13)12(9-14)10-5-3-2-4-6-10;1-13-11(14)9-5-7-4-6(10(12)17(15)16)2-3-8(7)18-9;1-2-3-4-7-10(12)11-8-5-6-9-11;1-3-2;3*1-2/h2-6,11-12H,8-9H2,1H3;2-5,10,15-16H,1H3,(H,13,14);2-9H2,1H3;3H2,1-2H3;1-2H3;1H3;1H2. The minimum Gasteiger partial charge on any atom is -0.354 e. The molecule has 2 aliphatic rings. The van der Waals surface area contributed by atoms with Crippen LogP contribution in [0.2, 0.25) is 0 Å². The normalized spacial score (nSPS) is 16.1. The van der Waals surface area contributed by atoms with E-state index in [2.05, 4.69) is 56.2 Å². The highest BCUT2D eigenvalue weighted by molar-refractivity contribution is 7.45. The van der Waals surface area contributed by atoms with Crippen LogP contribution in [0.15, 0.2) is 54.6 Å². The van der Waals surface area contributed by atoms with Gasteiger partial charge in [-0.25, -0.2) is 4.39 Å². The molecule has 2 saturated heterocycles. The fraction of sp³-hybridized carbons (Fsp3) is 0.550. The lowest BCUT2D eigenvalue weighted by molar-refractivity contribution is -0.130. The summed E-state index contributed by atoms with van der Waals surface area (Å²) in [7, 11) is 1.47. The van der Waals surface area contributed by atoms with E-state index in [1.54, 1.807) is 19.2 Å². The van der Waals surface area contributed by atoms with Gasteiger partial charge in [0.1, 0.15) is 6.79 Å². The number of carbonyl (C=O) groups excluding carboxylic acids is 3. The number of likely N-dealkylation sites (tertiary alicyclic amines) is 2. The Bertz CT molecular complexity index is 1420. The topological polar surface area (TPSA) is 134 Å². The Morgan fingerprint density at radius 1 is 1.02 bits per heavy atom. The predicted molar refractivity (Wildman–Crippen MR) is 218 cm³/mol. The van der Waals surface area contributed by atoms with Crippen molar-refractivity contribution in [2.45, 2.75) is 91.4 Å². The third-order valence-electron chi connectivity index (χ3n) is 7.82. The molecular weight excluding hydrogens is 718 g/mol. The zero-order valence-electron chi connectivity index (χ0n) is 33.0. The second kappa shape index (κ2) is 32.1. The molecule has 3 heterocycles. The van der Waals surface area contributed by atoms with Crippen molar-refractivity contribution in [2.75, 3.05) is 47.5 Å². The Morgan fingerprint density at radius 3 is 2.11 bits per heavy atom. The highest BCUT2D eigenvalue weighted by Crippen LogP contribution is 2.45. The number of thiophene rings is 1. The second-order valence-electron chi connectivity index (χ2n) is 11.9. The minimum absolute atomic E-state index is 0.155. The summed E-state index contributed by atoms with van der Waals surface area (Å²) in [6.07, 6.45) is 7.91. The minimum atomic E-state index is -2.64. The molecule has 0 aliphatic carbocycles. The number of halogens is 2. The Labute approximate surface area is 322 Å². The lowest BCUT2D eigenvalue weighted by atomic mass is 9.90. The van der Waals surface area contributed by atoms with Gasteiger partial charge in [-0.15, -0.1) is 11.3 Å². The van der Waals surface area contributed by atoms with Gasteiger partial charge >= 0.3 is 0 Å². The van der Waals surface area contributed by atoms with Crippen LogP contribution in [0.3, 0.4) is 0 Å². The number of nitrogens with zero attached hydrogens (tertiary/aromatic N) is 3. The molecular formula is C40H63F2N4O5PS. The largest absolute Gasteiger partial charge is 0.354 e. The summed E-state index contributed by atoms with van der Waals surface area (Å²) >= 11 is 1.30. The van der Waals surface area contributed by atoms with E-state index in [-0.39, 0.29) is 17.4 Å². The molecule has 5 rings (SSSR count). The number of carbonyl (C=O) groups is 3. The average molecular weight is 781 g/mol. The Morgan fingerprint density at radius 2 is 1.60 bits per heavy atom. The van der Waals surface area contributed by atoms with Gasteiger partial charge in [0.2, 0.25) is 14.3 Å². The van der Waals surface area contributed by atoms with Crippen LogP contribution in [0.4, 0.5) is 8.78 Å². The van der Waals surface area contributed by atoms with Crippen molar-refractivity contribution in [3.05, 3.63) is 70.6 Å². The maximum absolute atomic E-state index is 13.5. The van der Waals surface area contributed by atoms with Crippen LogP contribution >= 0.6 is 19.7 Å². The SMILES string of the molecule is C=O.CC.CCC.CCCCCC(=O)N1CCCC1.CF.CN1CC(C#N)C(c2ccccc2)C1.CNC(=O)c1cc2cc(C(F)P(O)O)ccc2s1. The summed E-state index contributed by atoms with van der Waals surface area (Å²) in [5.41, 5.74) is 1.50. The molecule has 3 atom stereocenters. The maximum atomic E-state index is 13.5. The van der Waals surface area contributed by atoms with Crippen LogP contribution in [0.5, 0.6) is 0 Å². The van der Waals surface area contributed by atoms with Crippen LogP contribution in [0.1, 0.15) is 112 Å². The smallest absolute Gasteiger partial charge is 0.261 e. The molecule has 0 bridgehead atoms. The number of amides is 2. The van der Waals surface area contributed by atoms with Crippen molar-refractivity contribution < 1.29 is 33.0 Å². The quantitative estimate of drug-likeness (QED) is 0.153. The first-order valence-electron chi connectivity index (χ1n) is 18.2. The summed E-state index contributed by atoms with van der Waals surface area (Å²) < 4.78 is 23.8. The number of benzene rings is 2. The van der Waals surface area contributed by atoms with Crippen LogP contribution in [-0.4, -0.2) is 85.6 Å². The number of unbranched alkanes of at least 4 members (excludes halogenated alkanes) is 2. The molecule has 2 fully saturated rings. The Kier molecular flexibility index (Phi) is 31.4. The average Bonchev–Trinajstić information content (AvgIpc) is 3.98. The molecule has 9 nitrogen and oxygen atoms in total. The number of fused-ring (bicyclic) bond motifs is 1. The zero-order chi connectivity index (χ0) is 40.8. The lowest BCUT2D eigenvalue weighted by Crippen LogP contribution is -2.27. The molecule has 3 N–H and O–H groups in total. The second-order valence-corrected chi connectivity index (χ2v) is 14.0. The van der Waals surface area contributed by atoms with Gasteiger partial charge in [-0.1, -0.05) is 90.3 Å². The molecule has 0 spiro atoms. The molecule has 2 amide bonds. The number of hydrogen-bond donors (Lipinski definition) is 3. The van der Waals surface area contributed by atoms with Crippen molar-refractivity contribution >= 4 is 48.4 Å². The van der Waals surface area contributed by atoms with E-state index in [9.17, 15) is 18.4 Å². The molecule has 298 valence electrons. The molecule has 0 saturated carbocycles. The Balaban J connectivity index is 0. The van der Waals surface area contributed by atoms with Crippen LogP contribution in [0, 0.1) is 17.2 Å². The van der Waals surface area contributed by atoms with Crippen molar-refractivity contribution in [3.8, 4) is 6.07 Å². The number of nitriles is 1. The highest BCUT2D eigenvalue weighted by atomic mass is 32.1. The number of hydrogen-bond acceptors (Lipinski definition) is 8. The van der Waals surface area contributed by atoms with Gasteiger partial charge in [-0.2, -0.15) is 5.26 Å². The maximum Gasteiger partial charge on any atom is 0.261 e. The fourth-order valence-electron chi connectivity index (χ4n) is 5.40. The molecule has 0 radical (unpaired) electrons. The van der Waals surface area contributed by atoms with E-state index >= 15 is 0 Å². The molecule has 53 heavy (non-hydrogen) atoms. The molecule has 3 unspecified atom stereocenters. The van der Waals surface area contributed by atoms with E-state index < -0.39 is 14.3 Å². The highest BCUT2D eigenvalue weighted by Gasteiger charge is 2.31. The summed E-state index contributed by atoms with van der Waals surface area (Å²) in [5.74, 6) is -1.05. The van der Waals surface area contributed by atoms with E-state index in [0.717, 1.165) is 49.1 Å². The molecule has 2 aromatic carbocycles. The predicted octanol–water partition coefficient (Wildman–Crippen LogP) is 9.41. The molecule has 3 aromatic rings. The fourth-order valence-corrected chi connectivity index (χ4v) is 6.82. The summed E-state index contributed by atoms with van der Waals surface area (Å²) in [6.45, 7) is 16.3. The monoisotopic (exact) mass is 780 g/mol. The first-order chi connectivity index (χ1) is 25.6. The number of likely N-dealkylation sites (N-methyl/N-ethyl adjacent to an activating group) is 1. The lowest BCUT2D eigenvalue weighted by Gasteiger charge is -2.14. The van der Waals surface area contributed by atoms with Gasteiger partial charge in [-0.05, 0) is 61.0 Å². The van der Waals surface area contributed by atoms with Gasteiger partial charge in [0, 0.05) is 50.3 Å². The van der Waals surface area contributed by atoms with E-state index in [0.29, 0.717) is 23.9 Å². The van der Waals surface area contributed by atoms with Crippen molar-refractivity contribution in [1.29, 1.82) is 5.26 Å². The van der Waals surface area contributed by atoms with Gasteiger partial charge in [-0.3, -0.25) is 14.0 Å². The number of rotatable bonds is 8. The first kappa shape index (κ1) is 51.8. The van der Waals surface area contributed by atoms with Crippen molar-refractivity contribution in [1.82, 2.24) is 15.1 Å². The van der Waals surface area contributed by atoms with Crippen molar-refractivity contribution in [3.63, 3.8) is 0 Å². The van der Waals surface area contributed by atoms with Gasteiger partial charge < -0.3 is 29.7 Å². The summed E-state index contributed by atoms with van der Waals surface area (Å²) in [4.78, 5) is 53.4. The van der Waals surface area contributed by atoms with Gasteiger partial charge in [0.25, 0.3) is 5.91 Å². The first-order valence-corrected chi connectivity index (χ1v) is 20.4. The van der Waals surface area contributed by atoms with Crippen LogP contribution in [-0.2, 0) is 9.59 Å². The zero-order valence-corrected chi connectivity index (χ0v) is 34.7. The van der Waals surface area contributed by atoms with E-state index in [4.69, 9.17) is 19.8 Å². The molecule has 2 aliphatic heterocycles. The molecule has 1 aromatic heterocycles. The third kappa shape index (κ3) is 19.5. The summed E-state index contributed by atoms with van der Waals surface area (Å²) in [6, 6.07) is 19.1. The van der Waals surface area contributed by atoms with Gasteiger partial charge in [0.05, 0.1) is 24.0 Å². The number of nitrogens with one attached hydrogen (secondary N) is 1. The number of alkyl halides is 2. The summed E-state index contributed by atoms with van der Waals surface area (Å²) in [5, 5.41) is 12.3. The van der Waals surface area contributed by atoms with Crippen molar-refractivity contribution in [2.24, 2.45) is 5.92 Å². The Hall–Kier alpha value is -3.33. The van der Waals surface area contributed by atoms with E-state index in [1.165, 1.54) is 61.1 Å². The van der Waals surface area contributed by atoms with E-state index in [1.807, 2.05) is 43.7 Å². The van der Waals surface area contributed by atoms with Gasteiger partial charge in [0.15, 0.2) is 5.91 Å². The van der Waals surface area contributed by atoms with Crippen LogP contribution in [0.25, 0.3) is 10.1 Å². The van der Waals surface area contributed by atoms with Crippen LogP contribution < -0.4 is 5.32 Å². The third-order valence-corrected chi connectivity index (χ3v) is 9.64. The molecule has 13 heteroatoms.